The van der Waals surface area contributed by atoms with Crippen molar-refractivity contribution in [3.8, 4) is 0 Å². The summed E-state index contributed by atoms with van der Waals surface area (Å²) in [6, 6.07) is 0. The summed E-state index contributed by atoms with van der Waals surface area (Å²) in [4.78, 5) is 0. The second-order valence-corrected chi connectivity index (χ2v) is 5.12. The lowest BCUT2D eigenvalue weighted by Gasteiger charge is -2.06. The Bertz CT molecular complexity index is 94.1. The van der Waals surface area contributed by atoms with E-state index in [0.717, 1.165) is 5.92 Å². The van der Waals surface area contributed by atoms with Gasteiger partial charge in [0.15, 0.2) is 0 Å². The summed E-state index contributed by atoms with van der Waals surface area (Å²) in [6.07, 6.45) is 4.00. The zero-order valence-electron chi connectivity index (χ0n) is 9.44. The first kappa shape index (κ1) is 13.3. The minimum atomic E-state index is 0.834. The summed E-state index contributed by atoms with van der Waals surface area (Å²) in [6.45, 7) is 9.17. The summed E-state index contributed by atoms with van der Waals surface area (Å²) >= 11 is 2.07. The van der Waals surface area contributed by atoms with E-state index < -0.39 is 0 Å². The van der Waals surface area contributed by atoms with Gasteiger partial charge in [0.05, 0.1) is 0 Å². The molecule has 0 aromatic rings. The third-order valence-corrected chi connectivity index (χ3v) is 3.03. The van der Waals surface area contributed by atoms with Crippen LogP contribution in [0.15, 0.2) is 0 Å². The van der Waals surface area contributed by atoms with Crippen LogP contribution in [0.2, 0.25) is 0 Å². The van der Waals surface area contributed by atoms with Gasteiger partial charge in [-0.05, 0) is 31.1 Å². The Morgan fingerprint density at radius 1 is 1.15 bits per heavy atom. The molecule has 0 aromatic heterocycles. The van der Waals surface area contributed by atoms with Gasteiger partial charge < -0.3 is 5.32 Å². The lowest BCUT2D eigenvalue weighted by atomic mass is 10.1. The smallest absolute Gasteiger partial charge is 0.00581 e. The van der Waals surface area contributed by atoms with Gasteiger partial charge in [-0.15, -0.1) is 0 Å². The first-order chi connectivity index (χ1) is 6.27. The second-order valence-electron chi connectivity index (χ2n) is 3.90. The van der Waals surface area contributed by atoms with Crippen LogP contribution >= 0.6 is 11.8 Å². The highest BCUT2D eigenvalue weighted by Crippen LogP contribution is 2.02. The standard InChI is InChI=1S/C11H25NS/c1-4-5-9-13-10-8-12-7-6-11(2)3/h11-12H,4-10H2,1-3H3. The van der Waals surface area contributed by atoms with Gasteiger partial charge in [0.2, 0.25) is 0 Å². The third kappa shape index (κ3) is 12.3. The number of rotatable bonds is 9. The van der Waals surface area contributed by atoms with Gasteiger partial charge in [-0.25, -0.2) is 0 Å². The second kappa shape index (κ2) is 10.4. The molecule has 0 spiro atoms. The maximum Gasteiger partial charge on any atom is 0.00581 e. The average Bonchev–Trinajstić information content (AvgIpc) is 2.09. The van der Waals surface area contributed by atoms with Crippen molar-refractivity contribution in [2.24, 2.45) is 5.92 Å². The number of thioether (sulfide) groups is 1. The Morgan fingerprint density at radius 2 is 1.92 bits per heavy atom. The van der Waals surface area contributed by atoms with Crippen LogP contribution in [0.1, 0.15) is 40.0 Å². The van der Waals surface area contributed by atoms with Crippen LogP contribution in [0.5, 0.6) is 0 Å². The molecular formula is C11H25NS. The van der Waals surface area contributed by atoms with E-state index in [1.165, 1.54) is 43.9 Å². The molecule has 1 nitrogen and oxygen atoms in total. The van der Waals surface area contributed by atoms with E-state index >= 15 is 0 Å². The van der Waals surface area contributed by atoms with Crippen LogP contribution in [0, 0.1) is 5.92 Å². The monoisotopic (exact) mass is 203 g/mol. The maximum absolute atomic E-state index is 3.47. The Balaban J connectivity index is 2.84. The fraction of sp³-hybridized carbons (Fsp3) is 1.00. The van der Waals surface area contributed by atoms with Gasteiger partial charge in [0.1, 0.15) is 0 Å². The predicted molar refractivity (Wildman–Crippen MR) is 64.6 cm³/mol. The largest absolute Gasteiger partial charge is 0.316 e. The predicted octanol–water partition coefficient (Wildman–Crippen LogP) is 3.16. The minimum Gasteiger partial charge on any atom is -0.316 e. The molecule has 0 saturated carbocycles. The van der Waals surface area contributed by atoms with E-state index in [1.54, 1.807) is 0 Å². The normalized spacial score (nSPS) is 11.1. The molecule has 1 N–H and O–H groups in total. The van der Waals surface area contributed by atoms with Gasteiger partial charge in [-0.3, -0.25) is 0 Å². The molecule has 0 fully saturated rings. The fourth-order valence-electron chi connectivity index (χ4n) is 1.01. The topological polar surface area (TPSA) is 12.0 Å². The maximum atomic E-state index is 3.47. The van der Waals surface area contributed by atoms with Crippen molar-refractivity contribution >= 4 is 11.8 Å². The zero-order valence-corrected chi connectivity index (χ0v) is 10.3. The SMILES string of the molecule is CCCCSCCNCCC(C)C. The zero-order chi connectivity index (χ0) is 9.94. The number of unbranched alkanes of at least 4 members (excludes halogenated alkanes) is 1. The summed E-state index contributed by atoms with van der Waals surface area (Å²) in [5, 5.41) is 3.47. The van der Waals surface area contributed by atoms with E-state index in [0.29, 0.717) is 0 Å². The Morgan fingerprint density at radius 3 is 2.54 bits per heavy atom. The minimum absolute atomic E-state index is 0.834. The Kier molecular flexibility index (Phi) is 10.6. The van der Waals surface area contributed by atoms with Gasteiger partial charge in [-0.1, -0.05) is 27.2 Å². The Hall–Kier alpha value is 0.310. The molecule has 0 rings (SSSR count). The lowest BCUT2D eigenvalue weighted by Crippen LogP contribution is -2.19. The number of hydrogen-bond donors (Lipinski definition) is 1. The molecule has 0 heterocycles. The Labute approximate surface area is 88.1 Å². The van der Waals surface area contributed by atoms with Crippen LogP contribution in [-0.4, -0.2) is 24.6 Å². The summed E-state index contributed by atoms with van der Waals surface area (Å²) in [5.74, 6) is 3.45. The van der Waals surface area contributed by atoms with Crippen molar-refractivity contribution in [2.45, 2.75) is 40.0 Å². The third-order valence-electron chi connectivity index (χ3n) is 1.96. The average molecular weight is 203 g/mol. The molecule has 13 heavy (non-hydrogen) atoms. The highest BCUT2D eigenvalue weighted by Gasteiger charge is 1.93. The van der Waals surface area contributed by atoms with Gasteiger partial charge in [0.25, 0.3) is 0 Å². The van der Waals surface area contributed by atoms with Crippen LogP contribution in [0.25, 0.3) is 0 Å². The number of hydrogen-bond acceptors (Lipinski definition) is 2. The lowest BCUT2D eigenvalue weighted by molar-refractivity contribution is 0.547. The van der Waals surface area contributed by atoms with Gasteiger partial charge in [-0.2, -0.15) is 11.8 Å². The van der Waals surface area contributed by atoms with Crippen LogP contribution in [-0.2, 0) is 0 Å². The van der Waals surface area contributed by atoms with Crippen LogP contribution in [0.4, 0.5) is 0 Å². The molecule has 0 saturated heterocycles. The summed E-state index contributed by atoms with van der Waals surface area (Å²) in [5.41, 5.74) is 0. The number of nitrogens with one attached hydrogen (secondary N) is 1. The molecule has 0 bridgehead atoms. The van der Waals surface area contributed by atoms with Gasteiger partial charge in [0, 0.05) is 12.3 Å². The molecule has 80 valence electrons. The van der Waals surface area contributed by atoms with Crippen LogP contribution in [0.3, 0.4) is 0 Å². The molecule has 0 aliphatic heterocycles. The molecule has 0 radical (unpaired) electrons. The molecule has 0 amide bonds. The first-order valence-corrected chi connectivity index (χ1v) is 6.71. The molecule has 0 atom stereocenters. The summed E-state index contributed by atoms with van der Waals surface area (Å²) < 4.78 is 0. The van der Waals surface area contributed by atoms with E-state index in [2.05, 4.69) is 37.8 Å². The van der Waals surface area contributed by atoms with Crippen molar-refractivity contribution < 1.29 is 0 Å². The molecule has 2 heteroatoms. The van der Waals surface area contributed by atoms with E-state index in [4.69, 9.17) is 0 Å². The first-order valence-electron chi connectivity index (χ1n) is 5.55. The van der Waals surface area contributed by atoms with Crippen molar-refractivity contribution in [3.63, 3.8) is 0 Å². The molecular weight excluding hydrogens is 178 g/mol. The molecule has 0 aliphatic rings. The van der Waals surface area contributed by atoms with E-state index in [-0.39, 0.29) is 0 Å². The molecule has 0 aliphatic carbocycles. The van der Waals surface area contributed by atoms with Gasteiger partial charge >= 0.3 is 0 Å². The highest BCUT2D eigenvalue weighted by atomic mass is 32.2. The van der Waals surface area contributed by atoms with E-state index in [9.17, 15) is 0 Å². The van der Waals surface area contributed by atoms with Crippen molar-refractivity contribution in [1.29, 1.82) is 0 Å². The van der Waals surface area contributed by atoms with E-state index in [1.807, 2.05) is 0 Å². The van der Waals surface area contributed by atoms with Crippen molar-refractivity contribution in [3.05, 3.63) is 0 Å². The fourth-order valence-corrected chi connectivity index (χ4v) is 1.99. The summed E-state index contributed by atoms with van der Waals surface area (Å²) in [7, 11) is 0. The quantitative estimate of drug-likeness (QED) is 0.578. The highest BCUT2D eigenvalue weighted by molar-refractivity contribution is 7.99. The van der Waals surface area contributed by atoms with Crippen LogP contribution < -0.4 is 5.32 Å². The van der Waals surface area contributed by atoms with Crippen molar-refractivity contribution in [2.75, 3.05) is 24.6 Å². The van der Waals surface area contributed by atoms with Crippen molar-refractivity contribution in [1.82, 2.24) is 5.32 Å². The molecule has 0 unspecified atom stereocenters. The molecule has 0 aromatic carbocycles.